The molecule has 0 aliphatic heterocycles. The van der Waals surface area contributed by atoms with Crippen molar-refractivity contribution in [2.24, 2.45) is 0 Å². The highest BCUT2D eigenvalue weighted by Gasteiger charge is 2.06. The molecule has 0 fully saturated rings. The zero-order valence-electron chi connectivity index (χ0n) is 11.7. The minimum absolute atomic E-state index is 0.728. The summed E-state index contributed by atoms with van der Waals surface area (Å²) in [6, 6.07) is 14.8. The van der Waals surface area contributed by atoms with E-state index < -0.39 is 0 Å². The highest BCUT2D eigenvalue weighted by molar-refractivity contribution is 9.10. The largest absolute Gasteiger partial charge is 0.383 e. The Balaban J connectivity index is 2.09. The van der Waals surface area contributed by atoms with E-state index >= 15 is 0 Å². The van der Waals surface area contributed by atoms with Crippen LogP contribution in [0.3, 0.4) is 0 Å². The van der Waals surface area contributed by atoms with Crippen molar-refractivity contribution in [3.63, 3.8) is 0 Å². The van der Waals surface area contributed by atoms with Crippen LogP contribution in [-0.2, 0) is 11.3 Å². The van der Waals surface area contributed by atoms with E-state index in [2.05, 4.69) is 79.6 Å². The molecule has 0 bridgehead atoms. The zero-order valence-corrected chi connectivity index (χ0v) is 15.7. The van der Waals surface area contributed by atoms with Gasteiger partial charge in [0.1, 0.15) is 0 Å². The molecule has 2 rings (SSSR count). The van der Waals surface area contributed by atoms with Crippen molar-refractivity contribution in [1.82, 2.24) is 5.32 Å². The van der Waals surface area contributed by atoms with Crippen LogP contribution in [0, 0.1) is 0 Å². The van der Waals surface area contributed by atoms with Gasteiger partial charge < -0.3 is 10.1 Å². The molecular weight excluding hydrogens is 414 g/mol. The normalized spacial score (nSPS) is 10.8. The Morgan fingerprint density at radius 3 is 2.48 bits per heavy atom. The summed E-state index contributed by atoms with van der Waals surface area (Å²) >= 11 is 8.80. The molecule has 0 radical (unpaired) electrons. The van der Waals surface area contributed by atoms with Gasteiger partial charge in [0, 0.05) is 38.9 Å². The van der Waals surface area contributed by atoms with Crippen LogP contribution in [0.4, 0.5) is 0 Å². The monoisotopic (exact) mass is 429 g/mol. The molecule has 0 atom stereocenters. The van der Waals surface area contributed by atoms with Gasteiger partial charge in [0.25, 0.3) is 0 Å². The van der Waals surface area contributed by atoms with E-state index in [1.807, 2.05) is 0 Å². The van der Waals surface area contributed by atoms with E-state index in [9.17, 15) is 0 Å². The van der Waals surface area contributed by atoms with Gasteiger partial charge in [-0.3, -0.25) is 0 Å². The minimum Gasteiger partial charge on any atom is -0.383 e. The minimum atomic E-state index is 0.728. The maximum atomic E-state index is 5.06. The number of methoxy groups -OCH3 is 1. The van der Waals surface area contributed by atoms with Crippen molar-refractivity contribution >= 4 is 43.6 Å². The molecule has 0 spiro atoms. The summed E-state index contributed by atoms with van der Waals surface area (Å²) in [5.41, 5.74) is 1.29. The molecule has 0 heterocycles. The van der Waals surface area contributed by atoms with Crippen LogP contribution < -0.4 is 5.32 Å². The maximum Gasteiger partial charge on any atom is 0.0587 e. The Labute approximate surface area is 146 Å². The van der Waals surface area contributed by atoms with E-state index in [0.29, 0.717) is 0 Å². The third kappa shape index (κ3) is 5.75. The molecule has 112 valence electrons. The molecule has 0 unspecified atom stereocenters. The summed E-state index contributed by atoms with van der Waals surface area (Å²) < 4.78 is 7.26. The lowest BCUT2D eigenvalue weighted by Gasteiger charge is -2.11. The zero-order chi connectivity index (χ0) is 15.1. The van der Waals surface area contributed by atoms with Gasteiger partial charge >= 0.3 is 0 Å². The van der Waals surface area contributed by atoms with Crippen LogP contribution in [0.25, 0.3) is 0 Å². The van der Waals surface area contributed by atoms with Crippen molar-refractivity contribution in [2.75, 3.05) is 20.3 Å². The Morgan fingerprint density at radius 2 is 1.76 bits per heavy atom. The molecule has 0 aliphatic carbocycles. The third-order valence-electron chi connectivity index (χ3n) is 2.87. The van der Waals surface area contributed by atoms with E-state index in [-0.39, 0.29) is 0 Å². The van der Waals surface area contributed by atoms with E-state index in [1.165, 1.54) is 15.4 Å². The number of ether oxygens (including phenoxy) is 1. The van der Waals surface area contributed by atoms with Crippen molar-refractivity contribution in [3.8, 4) is 0 Å². The van der Waals surface area contributed by atoms with Gasteiger partial charge in [0.05, 0.1) is 6.61 Å². The number of rotatable bonds is 7. The van der Waals surface area contributed by atoms with Gasteiger partial charge in [-0.05, 0) is 42.0 Å². The molecular formula is C16H17Br2NOS. The standard InChI is InChI=1S/C16H17Br2NOS/c1-20-9-8-19-11-12-2-3-14(18)10-16(12)21-15-6-4-13(17)5-7-15/h2-7,10,19H,8-9,11H2,1H3. The van der Waals surface area contributed by atoms with Crippen LogP contribution in [0.1, 0.15) is 5.56 Å². The summed E-state index contributed by atoms with van der Waals surface area (Å²) in [4.78, 5) is 2.49. The Kier molecular flexibility index (Phi) is 7.26. The number of nitrogens with one attached hydrogen (secondary N) is 1. The number of hydrogen-bond acceptors (Lipinski definition) is 3. The van der Waals surface area contributed by atoms with Gasteiger partial charge in [0.2, 0.25) is 0 Å². The molecule has 0 aliphatic rings. The molecule has 0 saturated heterocycles. The van der Waals surface area contributed by atoms with Gasteiger partial charge in [-0.1, -0.05) is 49.7 Å². The van der Waals surface area contributed by atoms with Gasteiger partial charge in [-0.2, -0.15) is 0 Å². The van der Waals surface area contributed by atoms with Crippen molar-refractivity contribution in [3.05, 3.63) is 57.0 Å². The summed E-state index contributed by atoms with van der Waals surface area (Å²) in [6.45, 7) is 2.43. The lowest BCUT2D eigenvalue weighted by molar-refractivity contribution is 0.199. The predicted molar refractivity (Wildman–Crippen MR) is 96.0 cm³/mol. The highest BCUT2D eigenvalue weighted by atomic mass is 79.9. The van der Waals surface area contributed by atoms with Crippen LogP contribution in [-0.4, -0.2) is 20.3 Å². The lowest BCUT2D eigenvalue weighted by Crippen LogP contribution is -2.18. The average molecular weight is 431 g/mol. The van der Waals surface area contributed by atoms with Crippen LogP contribution in [0.5, 0.6) is 0 Å². The van der Waals surface area contributed by atoms with E-state index in [0.717, 1.165) is 28.6 Å². The van der Waals surface area contributed by atoms with Crippen molar-refractivity contribution < 1.29 is 4.74 Å². The van der Waals surface area contributed by atoms with Gasteiger partial charge in [-0.25, -0.2) is 0 Å². The second kappa shape index (κ2) is 8.96. The molecule has 5 heteroatoms. The number of halogens is 2. The second-order valence-electron chi connectivity index (χ2n) is 4.48. The first-order chi connectivity index (χ1) is 10.2. The van der Waals surface area contributed by atoms with Crippen molar-refractivity contribution in [1.29, 1.82) is 0 Å². The van der Waals surface area contributed by atoms with Crippen LogP contribution in [0.15, 0.2) is 61.2 Å². The molecule has 2 aromatic carbocycles. The van der Waals surface area contributed by atoms with Crippen LogP contribution >= 0.6 is 43.6 Å². The summed E-state index contributed by atoms with van der Waals surface area (Å²) in [5, 5.41) is 3.40. The predicted octanol–water partition coefficient (Wildman–Crippen LogP) is 5.10. The smallest absolute Gasteiger partial charge is 0.0587 e. The van der Waals surface area contributed by atoms with E-state index in [1.54, 1.807) is 18.9 Å². The molecule has 0 saturated carbocycles. The Morgan fingerprint density at radius 1 is 1.05 bits per heavy atom. The maximum absolute atomic E-state index is 5.06. The summed E-state index contributed by atoms with van der Waals surface area (Å²) in [5.74, 6) is 0. The van der Waals surface area contributed by atoms with E-state index in [4.69, 9.17) is 4.74 Å². The topological polar surface area (TPSA) is 21.3 Å². The van der Waals surface area contributed by atoms with Gasteiger partial charge in [-0.15, -0.1) is 0 Å². The molecule has 0 amide bonds. The SMILES string of the molecule is COCCNCc1ccc(Br)cc1Sc1ccc(Br)cc1. The Hall–Kier alpha value is -0.330. The molecule has 21 heavy (non-hydrogen) atoms. The average Bonchev–Trinajstić information content (AvgIpc) is 2.48. The van der Waals surface area contributed by atoms with Crippen molar-refractivity contribution in [2.45, 2.75) is 16.3 Å². The molecule has 0 aromatic heterocycles. The number of hydrogen-bond donors (Lipinski definition) is 1. The molecule has 1 N–H and O–H groups in total. The first-order valence-corrected chi connectivity index (χ1v) is 9.01. The quantitative estimate of drug-likeness (QED) is 0.617. The number of benzene rings is 2. The van der Waals surface area contributed by atoms with Crippen LogP contribution in [0.2, 0.25) is 0 Å². The fourth-order valence-electron chi connectivity index (χ4n) is 1.80. The third-order valence-corrected chi connectivity index (χ3v) is 5.00. The highest BCUT2D eigenvalue weighted by Crippen LogP contribution is 2.33. The molecule has 2 aromatic rings. The summed E-state index contributed by atoms with van der Waals surface area (Å²) in [6.07, 6.45) is 0. The fourth-order valence-corrected chi connectivity index (χ4v) is 3.56. The second-order valence-corrected chi connectivity index (χ2v) is 7.42. The molecule has 2 nitrogen and oxygen atoms in total. The Bertz CT molecular complexity index is 575. The first kappa shape index (κ1) is 17.0. The summed E-state index contributed by atoms with van der Waals surface area (Å²) in [7, 11) is 1.72. The lowest BCUT2D eigenvalue weighted by atomic mass is 10.2. The fraction of sp³-hybridized carbons (Fsp3) is 0.250. The first-order valence-electron chi connectivity index (χ1n) is 6.60. The van der Waals surface area contributed by atoms with Gasteiger partial charge in [0.15, 0.2) is 0 Å².